The van der Waals surface area contributed by atoms with Crippen molar-refractivity contribution >= 4 is 11.7 Å². The quantitative estimate of drug-likeness (QED) is 0.629. The van der Waals surface area contributed by atoms with Gasteiger partial charge in [0.05, 0.1) is 7.11 Å². The molecule has 1 aliphatic heterocycles. The zero-order valence-electron chi connectivity index (χ0n) is 16.9. The van der Waals surface area contributed by atoms with E-state index >= 15 is 0 Å². The smallest absolute Gasteiger partial charge is 0.260 e. The lowest BCUT2D eigenvalue weighted by Crippen LogP contribution is -2.50. The van der Waals surface area contributed by atoms with E-state index in [9.17, 15) is 4.79 Å². The number of rotatable bonds is 6. The first-order chi connectivity index (χ1) is 14.7. The first-order valence-corrected chi connectivity index (χ1v) is 9.91. The number of aromatic nitrogens is 2. The number of methoxy groups -OCH3 is 1. The number of anilines is 1. The highest BCUT2D eigenvalue weighted by Gasteiger charge is 2.22. The van der Waals surface area contributed by atoms with Gasteiger partial charge in [-0.05, 0) is 30.3 Å². The number of ether oxygens (including phenoxy) is 2. The fourth-order valence-electron chi connectivity index (χ4n) is 3.34. The maximum atomic E-state index is 12.5. The number of benzene rings is 2. The Hall–Kier alpha value is -3.61. The van der Waals surface area contributed by atoms with Crippen LogP contribution in [-0.2, 0) is 4.79 Å². The molecular weight excluding hydrogens is 380 g/mol. The van der Waals surface area contributed by atoms with Crippen LogP contribution < -0.4 is 14.4 Å². The fourth-order valence-corrected chi connectivity index (χ4v) is 3.34. The zero-order chi connectivity index (χ0) is 20.8. The second-order valence-corrected chi connectivity index (χ2v) is 6.94. The first-order valence-electron chi connectivity index (χ1n) is 9.91. The second-order valence-electron chi connectivity index (χ2n) is 6.94. The van der Waals surface area contributed by atoms with Gasteiger partial charge < -0.3 is 19.3 Å². The van der Waals surface area contributed by atoms with Crippen LogP contribution in [0.5, 0.6) is 11.5 Å². The van der Waals surface area contributed by atoms with Gasteiger partial charge in [-0.2, -0.15) is 0 Å². The van der Waals surface area contributed by atoms with Gasteiger partial charge in [-0.25, -0.2) is 9.97 Å². The van der Waals surface area contributed by atoms with Crippen LogP contribution >= 0.6 is 0 Å². The molecule has 0 saturated carbocycles. The molecule has 0 unspecified atom stereocenters. The van der Waals surface area contributed by atoms with Gasteiger partial charge in [0.1, 0.15) is 17.3 Å². The summed E-state index contributed by atoms with van der Waals surface area (Å²) in [5.41, 5.74) is 0.990. The minimum atomic E-state index is -0.0156. The summed E-state index contributed by atoms with van der Waals surface area (Å²) >= 11 is 0. The lowest BCUT2D eigenvalue weighted by atomic mass is 10.2. The van der Waals surface area contributed by atoms with Crippen molar-refractivity contribution in [1.29, 1.82) is 0 Å². The van der Waals surface area contributed by atoms with E-state index in [1.54, 1.807) is 25.4 Å². The van der Waals surface area contributed by atoms with Gasteiger partial charge in [0.15, 0.2) is 12.4 Å². The van der Waals surface area contributed by atoms with Crippen molar-refractivity contribution in [2.75, 3.05) is 44.8 Å². The van der Waals surface area contributed by atoms with E-state index in [2.05, 4.69) is 9.88 Å². The Labute approximate surface area is 175 Å². The summed E-state index contributed by atoms with van der Waals surface area (Å²) in [5, 5.41) is 0. The van der Waals surface area contributed by atoms with Crippen molar-refractivity contribution in [3.8, 4) is 22.9 Å². The van der Waals surface area contributed by atoms with Gasteiger partial charge in [-0.3, -0.25) is 4.79 Å². The summed E-state index contributed by atoms with van der Waals surface area (Å²) in [6, 6.07) is 19.0. The third-order valence-corrected chi connectivity index (χ3v) is 5.05. The van der Waals surface area contributed by atoms with E-state index in [1.165, 1.54) is 0 Å². The van der Waals surface area contributed by atoms with Crippen molar-refractivity contribution in [3.05, 3.63) is 66.9 Å². The number of carbonyl (C=O) groups is 1. The van der Waals surface area contributed by atoms with Crippen LogP contribution in [0.15, 0.2) is 66.9 Å². The van der Waals surface area contributed by atoms with Crippen molar-refractivity contribution in [3.63, 3.8) is 0 Å². The van der Waals surface area contributed by atoms with Crippen molar-refractivity contribution < 1.29 is 14.3 Å². The summed E-state index contributed by atoms with van der Waals surface area (Å²) < 4.78 is 10.7. The maximum absolute atomic E-state index is 12.5. The van der Waals surface area contributed by atoms with Crippen molar-refractivity contribution in [1.82, 2.24) is 14.9 Å². The average molecular weight is 404 g/mol. The van der Waals surface area contributed by atoms with E-state index in [0.29, 0.717) is 24.7 Å². The van der Waals surface area contributed by atoms with E-state index in [-0.39, 0.29) is 12.5 Å². The van der Waals surface area contributed by atoms with Crippen LogP contribution in [-0.4, -0.2) is 60.7 Å². The molecule has 0 N–H and O–H groups in total. The topological polar surface area (TPSA) is 67.8 Å². The summed E-state index contributed by atoms with van der Waals surface area (Å²) in [6.07, 6.45) is 1.78. The number of piperazine rings is 1. The normalized spacial score (nSPS) is 13.8. The summed E-state index contributed by atoms with van der Waals surface area (Å²) in [5.74, 6) is 2.98. The molecule has 0 atom stereocenters. The number of nitrogens with zero attached hydrogens (tertiary/aromatic N) is 4. The predicted molar refractivity (Wildman–Crippen MR) is 115 cm³/mol. The molecule has 0 radical (unpaired) electrons. The fraction of sp³-hybridized carbons (Fsp3) is 0.261. The van der Waals surface area contributed by atoms with E-state index < -0.39 is 0 Å². The molecule has 1 amide bonds. The summed E-state index contributed by atoms with van der Waals surface area (Å²) in [6.45, 7) is 2.74. The molecule has 1 aromatic heterocycles. The number of hydrogen-bond acceptors (Lipinski definition) is 6. The van der Waals surface area contributed by atoms with E-state index in [4.69, 9.17) is 14.5 Å². The Morgan fingerprint density at radius 3 is 2.33 bits per heavy atom. The molecule has 154 valence electrons. The van der Waals surface area contributed by atoms with Gasteiger partial charge in [0, 0.05) is 37.9 Å². The van der Waals surface area contributed by atoms with E-state index in [0.717, 1.165) is 30.2 Å². The highest BCUT2D eigenvalue weighted by Crippen LogP contribution is 2.20. The molecule has 30 heavy (non-hydrogen) atoms. The Morgan fingerprint density at radius 2 is 1.63 bits per heavy atom. The minimum Gasteiger partial charge on any atom is -0.497 e. The first kappa shape index (κ1) is 19.7. The Bertz CT molecular complexity index is 971. The van der Waals surface area contributed by atoms with Crippen LogP contribution in [0.3, 0.4) is 0 Å². The SMILES string of the molecule is COc1ccc(OCC(=O)N2CCN(c3ccnc(-c4ccccc4)n3)CC2)cc1. The lowest BCUT2D eigenvalue weighted by molar-refractivity contribution is -0.133. The predicted octanol–water partition coefficient (Wildman–Crippen LogP) is 2.88. The van der Waals surface area contributed by atoms with E-state index in [1.807, 2.05) is 53.4 Å². The largest absolute Gasteiger partial charge is 0.497 e. The third-order valence-electron chi connectivity index (χ3n) is 5.05. The average Bonchev–Trinajstić information content (AvgIpc) is 2.83. The van der Waals surface area contributed by atoms with Crippen LogP contribution in [0, 0.1) is 0 Å². The van der Waals surface area contributed by atoms with Gasteiger partial charge in [0.25, 0.3) is 5.91 Å². The van der Waals surface area contributed by atoms with Gasteiger partial charge in [-0.15, -0.1) is 0 Å². The van der Waals surface area contributed by atoms with Crippen molar-refractivity contribution in [2.45, 2.75) is 0 Å². The van der Waals surface area contributed by atoms with Crippen molar-refractivity contribution in [2.24, 2.45) is 0 Å². The molecule has 2 heterocycles. The monoisotopic (exact) mass is 404 g/mol. The van der Waals surface area contributed by atoms with Crippen LogP contribution in [0.4, 0.5) is 5.82 Å². The number of amides is 1. The Kier molecular flexibility index (Phi) is 6.08. The van der Waals surface area contributed by atoms with Crippen LogP contribution in [0.2, 0.25) is 0 Å². The molecule has 0 aliphatic carbocycles. The molecule has 2 aromatic carbocycles. The minimum absolute atomic E-state index is 0.0156. The Balaban J connectivity index is 1.30. The molecular formula is C23H24N4O3. The van der Waals surface area contributed by atoms with Gasteiger partial charge >= 0.3 is 0 Å². The maximum Gasteiger partial charge on any atom is 0.260 e. The standard InChI is InChI=1S/C23H24N4O3/c1-29-19-7-9-20(10-8-19)30-17-22(28)27-15-13-26(14-16-27)21-11-12-24-23(25-21)18-5-3-2-4-6-18/h2-12H,13-17H2,1H3. The van der Waals surface area contributed by atoms with Crippen LogP contribution in [0.1, 0.15) is 0 Å². The summed E-state index contributed by atoms with van der Waals surface area (Å²) in [4.78, 5) is 25.6. The lowest BCUT2D eigenvalue weighted by Gasteiger charge is -2.35. The molecule has 0 spiro atoms. The molecule has 7 heteroatoms. The molecule has 7 nitrogen and oxygen atoms in total. The van der Waals surface area contributed by atoms with Gasteiger partial charge in [0.2, 0.25) is 0 Å². The third kappa shape index (κ3) is 4.68. The molecule has 1 saturated heterocycles. The number of carbonyl (C=O) groups excluding carboxylic acids is 1. The Morgan fingerprint density at radius 1 is 0.933 bits per heavy atom. The van der Waals surface area contributed by atoms with Crippen LogP contribution in [0.25, 0.3) is 11.4 Å². The molecule has 0 bridgehead atoms. The molecule has 4 rings (SSSR count). The molecule has 1 aliphatic rings. The van der Waals surface area contributed by atoms with Gasteiger partial charge in [-0.1, -0.05) is 30.3 Å². The number of hydrogen-bond donors (Lipinski definition) is 0. The summed E-state index contributed by atoms with van der Waals surface area (Å²) in [7, 11) is 1.61. The molecule has 1 fully saturated rings. The second kappa shape index (κ2) is 9.26. The highest BCUT2D eigenvalue weighted by atomic mass is 16.5. The zero-order valence-corrected chi connectivity index (χ0v) is 16.9. The molecule has 3 aromatic rings. The highest BCUT2D eigenvalue weighted by molar-refractivity contribution is 5.78.